The van der Waals surface area contributed by atoms with E-state index >= 15 is 0 Å². The second kappa shape index (κ2) is 8.52. The minimum Gasteiger partial charge on any atom is -0.478 e. The van der Waals surface area contributed by atoms with E-state index in [9.17, 15) is 14.4 Å². The van der Waals surface area contributed by atoms with Crippen molar-refractivity contribution in [1.82, 2.24) is 19.1 Å². The molecule has 1 aromatic carbocycles. The summed E-state index contributed by atoms with van der Waals surface area (Å²) in [7, 11) is 0. The van der Waals surface area contributed by atoms with Gasteiger partial charge >= 0.3 is 11.7 Å². The first-order valence-electron chi connectivity index (χ1n) is 9.92. The van der Waals surface area contributed by atoms with Gasteiger partial charge in [-0.2, -0.15) is 0 Å². The Morgan fingerprint density at radius 1 is 1.07 bits per heavy atom. The van der Waals surface area contributed by atoms with Gasteiger partial charge in [0.05, 0.1) is 0 Å². The van der Waals surface area contributed by atoms with Crippen molar-refractivity contribution in [3.8, 4) is 11.4 Å². The predicted molar refractivity (Wildman–Crippen MR) is 116 cm³/mol. The van der Waals surface area contributed by atoms with Gasteiger partial charge in [-0.05, 0) is 23.5 Å². The van der Waals surface area contributed by atoms with Crippen molar-refractivity contribution in [3.63, 3.8) is 0 Å². The van der Waals surface area contributed by atoms with Crippen molar-refractivity contribution in [2.75, 3.05) is 0 Å². The van der Waals surface area contributed by atoms with Gasteiger partial charge in [-0.15, -0.1) is 0 Å². The van der Waals surface area contributed by atoms with E-state index < -0.39 is 5.97 Å². The van der Waals surface area contributed by atoms with Gasteiger partial charge in [-0.3, -0.25) is 13.9 Å². The molecule has 3 aromatic rings. The summed E-state index contributed by atoms with van der Waals surface area (Å²) in [6.07, 6.45) is 2.56. The van der Waals surface area contributed by atoms with Crippen molar-refractivity contribution < 1.29 is 9.90 Å². The lowest BCUT2D eigenvalue weighted by Gasteiger charge is -2.14. The Labute approximate surface area is 173 Å². The Morgan fingerprint density at radius 2 is 1.67 bits per heavy atom. The van der Waals surface area contributed by atoms with Gasteiger partial charge in [-0.25, -0.2) is 14.6 Å². The molecule has 3 rings (SSSR count). The Bertz CT molecular complexity index is 1210. The standard InChI is InChI=1S/C22H26N4O4/c1-13(2)11-25-20-18(21(29)26(22(25)30)12-14(3)4)23-19(24-20)16-8-5-15(6-9-16)7-10-17(27)28/h5-10,13-14H,11-12H2,1-4H3,(H,23,24)(H,27,28). The number of imidazole rings is 1. The van der Waals surface area contributed by atoms with E-state index in [1.54, 1.807) is 28.8 Å². The number of aliphatic carboxylic acids is 1. The maximum absolute atomic E-state index is 13.0. The van der Waals surface area contributed by atoms with Gasteiger partial charge in [0.1, 0.15) is 11.3 Å². The minimum atomic E-state index is -1.02. The number of carboxylic acid groups (broad SMARTS) is 1. The van der Waals surface area contributed by atoms with Crippen LogP contribution in [0.1, 0.15) is 33.3 Å². The molecule has 0 spiro atoms. The summed E-state index contributed by atoms with van der Waals surface area (Å²) < 4.78 is 2.84. The first-order valence-corrected chi connectivity index (χ1v) is 9.92. The molecule has 2 N–H and O–H groups in total. The molecule has 0 amide bonds. The molecule has 0 aliphatic carbocycles. The fourth-order valence-corrected chi connectivity index (χ4v) is 3.28. The van der Waals surface area contributed by atoms with Crippen LogP contribution in [0.25, 0.3) is 28.6 Å². The highest BCUT2D eigenvalue weighted by molar-refractivity contribution is 5.85. The molecular formula is C22H26N4O4. The smallest absolute Gasteiger partial charge is 0.332 e. The Morgan fingerprint density at radius 3 is 2.23 bits per heavy atom. The lowest BCUT2D eigenvalue weighted by molar-refractivity contribution is -0.131. The fourth-order valence-electron chi connectivity index (χ4n) is 3.28. The number of nitrogens with zero attached hydrogens (tertiary/aromatic N) is 3. The van der Waals surface area contributed by atoms with E-state index in [-0.39, 0.29) is 23.1 Å². The molecule has 0 saturated carbocycles. The first-order chi connectivity index (χ1) is 14.2. The van der Waals surface area contributed by atoms with Crippen molar-refractivity contribution in [3.05, 3.63) is 56.7 Å². The van der Waals surface area contributed by atoms with Crippen LogP contribution in [0.15, 0.2) is 39.9 Å². The molecule has 8 nitrogen and oxygen atoms in total. The molecular weight excluding hydrogens is 384 g/mol. The van der Waals surface area contributed by atoms with Gasteiger partial charge in [0.15, 0.2) is 5.65 Å². The number of rotatable bonds is 7. The molecule has 0 fully saturated rings. The SMILES string of the molecule is CC(C)Cn1c(=O)c2[nH]c(-c3ccc(C=CC(=O)O)cc3)nc2n(CC(C)C)c1=O. The van der Waals surface area contributed by atoms with E-state index in [1.807, 2.05) is 27.7 Å². The topological polar surface area (TPSA) is 110 Å². The number of H-pyrrole nitrogens is 1. The van der Waals surface area contributed by atoms with Crippen molar-refractivity contribution in [1.29, 1.82) is 0 Å². The Hall–Kier alpha value is -3.42. The molecule has 2 aromatic heterocycles. The summed E-state index contributed by atoms with van der Waals surface area (Å²) in [5.74, 6) is -0.183. The molecule has 0 saturated heterocycles. The number of aromatic amines is 1. The largest absolute Gasteiger partial charge is 0.478 e. The van der Waals surface area contributed by atoms with Crippen molar-refractivity contribution in [2.24, 2.45) is 11.8 Å². The third kappa shape index (κ3) is 4.42. The van der Waals surface area contributed by atoms with Crippen LogP contribution < -0.4 is 11.2 Å². The minimum absolute atomic E-state index is 0.147. The molecule has 0 atom stereocenters. The lowest BCUT2D eigenvalue weighted by Crippen LogP contribution is -2.41. The summed E-state index contributed by atoms with van der Waals surface area (Å²) in [6, 6.07) is 7.11. The van der Waals surface area contributed by atoms with E-state index in [0.717, 1.165) is 17.2 Å². The molecule has 0 aliphatic heterocycles. The molecule has 0 unspecified atom stereocenters. The average molecular weight is 410 g/mol. The van der Waals surface area contributed by atoms with E-state index in [1.165, 1.54) is 10.6 Å². The number of carboxylic acids is 1. The second-order valence-corrected chi connectivity index (χ2v) is 8.17. The lowest BCUT2D eigenvalue weighted by atomic mass is 10.1. The Kier molecular flexibility index (Phi) is 6.05. The maximum Gasteiger partial charge on any atom is 0.332 e. The first kappa shape index (κ1) is 21.3. The zero-order valence-electron chi connectivity index (χ0n) is 17.5. The normalized spacial score (nSPS) is 11.9. The van der Waals surface area contributed by atoms with Gasteiger partial charge in [0, 0.05) is 24.7 Å². The van der Waals surface area contributed by atoms with Crippen LogP contribution >= 0.6 is 0 Å². The van der Waals surface area contributed by atoms with E-state index in [0.29, 0.717) is 30.1 Å². The summed E-state index contributed by atoms with van der Waals surface area (Å²) >= 11 is 0. The van der Waals surface area contributed by atoms with Crippen LogP contribution in [0.3, 0.4) is 0 Å². The number of aromatic nitrogens is 4. The van der Waals surface area contributed by atoms with Gasteiger partial charge < -0.3 is 10.1 Å². The van der Waals surface area contributed by atoms with Crippen LogP contribution in [0, 0.1) is 11.8 Å². The second-order valence-electron chi connectivity index (χ2n) is 8.17. The van der Waals surface area contributed by atoms with Crippen molar-refractivity contribution in [2.45, 2.75) is 40.8 Å². The highest BCUT2D eigenvalue weighted by Crippen LogP contribution is 2.20. The van der Waals surface area contributed by atoms with Gasteiger partial charge in [0.2, 0.25) is 0 Å². The highest BCUT2D eigenvalue weighted by atomic mass is 16.4. The number of benzene rings is 1. The van der Waals surface area contributed by atoms with Crippen LogP contribution in [0.2, 0.25) is 0 Å². The molecule has 2 heterocycles. The zero-order chi connectivity index (χ0) is 22.0. The fraction of sp³-hybridized carbons (Fsp3) is 0.364. The summed E-state index contributed by atoms with van der Waals surface area (Å²) in [4.78, 5) is 44.3. The van der Waals surface area contributed by atoms with E-state index in [2.05, 4.69) is 9.97 Å². The quantitative estimate of drug-likeness (QED) is 0.582. The monoisotopic (exact) mass is 410 g/mol. The molecule has 0 radical (unpaired) electrons. The maximum atomic E-state index is 13.0. The average Bonchev–Trinajstić information content (AvgIpc) is 3.12. The third-order valence-corrected chi connectivity index (χ3v) is 4.56. The predicted octanol–water partition coefficient (Wildman–Crippen LogP) is 2.96. The highest BCUT2D eigenvalue weighted by Gasteiger charge is 2.19. The number of hydrogen-bond donors (Lipinski definition) is 2. The van der Waals surface area contributed by atoms with Crippen LogP contribution in [-0.2, 0) is 17.9 Å². The van der Waals surface area contributed by atoms with E-state index in [4.69, 9.17) is 5.11 Å². The molecule has 30 heavy (non-hydrogen) atoms. The summed E-state index contributed by atoms with van der Waals surface area (Å²) in [5.41, 5.74) is 1.40. The van der Waals surface area contributed by atoms with Crippen LogP contribution in [0.5, 0.6) is 0 Å². The molecule has 8 heteroatoms. The number of fused-ring (bicyclic) bond motifs is 1. The van der Waals surface area contributed by atoms with Gasteiger partial charge in [-0.1, -0.05) is 52.0 Å². The van der Waals surface area contributed by atoms with Gasteiger partial charge in [0.25, 0.3) is 5.56 Å². The van der Waals surface area contributed by atoms with Crippen molar-refractivity contribution >= 4 is 23.2 Å². The summed E-state index contributed by atoms with van der Waals surface area (Å²) in [5, 5.41) is 8.74. The molecule has 158 valence electrons. The summed E-state index contributed by atoms with van der Waals surface area (Å²) in [6.45, 7) is 8.73. The molecule has 0 aliphatic rings. The third-order valence-electron chi connectivity index (χ3n) is 4.56. The number of carbonyl (C=O) groups is 1. The Balaban J connectivity index is 2.15. The number of hydrogen-bond acceptors (Lipinski definition) is 4. The number of nitrogens with one attached hydrogen (secondary N) is 1. The zero-order valence-corrected chi connectivity index (χ0v) is 17.5. The van der Waals surface area contributed by atoms with Crippen LogP contribution in [-0.4, -0.2) is 30.2 Å². The van der Waals surface area contributed by atoms with Crippen LogP contribution in [0.4, 0.5) is 0 Å². The molecule has 0 bridgehead atoms.